The number of hydrogen-bond donors (Lipinski definition) is 1. The van der Waals surface area contributed by atoms with E-state index >= 15 is 0 Å². The van der Waals surface area contributed by atoms with Crippen molar-refractivity contribution >= 4 is 5.91 Å². The van der Waals surface area contributed by atoms with Crippen molar-refractivity contribution in [3.8, 4) is 11.8 Å². The third-order valence-electron chi connectivity index (χ3n) is 3.46. The zero-order valence-corrected chi connectivity index (χ0v) is 12.9. The molecule has 0 aliphatic carbocycles. The van der Waals surface area contributed by atoms with Crippen LogP contribution in [0.1, 0.15) is 48.7 Å². The van der Waals surface area contributed by atoms with Crippen LogP contribution in [0, 0.1) is 18.8 Å². The Labute approximate surface area is 122 Å². The minimum absolute atomic E-state index is 0.0480. The van der Waals surface area contributed by atoms with Crippen molar-refractivity contribution in [2.24, 2.45) is 5.73 Å². The number of benzene rings is 1. The Morgan fingerprint density at radius 3 is 2.65 bits per heavy atom. The van der Waals surface area contributed by atoms with Crippen LogP contribution >= 0.6 is 0 Å². The average Bonchev–Trinajstić information content (AvgIpc) is 2.46. The lowest BCUT2D eigenvalue weighted by Gasteiger charge is -2.27. The highest BCUT2D eigenvalue weighted by atomic mass is 16.2. The van der Waals surface area contributed by atoms with Crippen LogP contribution in [0.5, 0.6) is 0 Å². The molecule has 108 valence electrons. The van der Waals surface area contributed by atoms with Gasteiger partial charge in [0.05, 0.1) is 12.1 Å². The van der Waals surface area contributed by atoms with Gasteiger partial charge in [0.2, 0.25) is 0 Å². The van der Waals surface area contributed by atoms with Crippen molar-refractivity contribution < 1.29 is 4.79 Å². The molecule has 0 aliphatic heterocycles. The van der Waals surface area contributed by atoms with Gasteiger partial charge in [0.1, 0.15) is 0 Å². The number of amides is 1. The third kappa shape index (κ3) is 3.85. The molecule has 2 N–H and O–H groups in total. The topological polar surface area (TPSA) is 46.3 Å². The quantitative estimate of drug-likeness (QED) is 0.856. The monoisotopic (exact) mass is 272 g/mol. The number of hydrogen-bond acceptors (Lipinski definition) is 2. The van der Waals surface area contributed by atoms with Gasteiger partial charge in [0.15, 0.2) is 0 Å². The number of aryl methyl sites for hydroxylation is 1. The molecule has 0 fully saturated rings. The van der Waals surface area contributed by atoms with Crippen LogP contribution in [0.3, 0.4) is 0 Å². The molecule has 0 bridgehead atoms. The van der Waals surface area contributed by atoms with Gasteiger partial charge in [-0.05, 0) is 39.3 Å². The number of carbonyl (C=O) groups excluding carboxylic acids is 1. The van der Waals surface area contributed by atoms with E-state index in [4.69, 9.17) is 5.73 Å². The maximum Gasteiger partial charge on any atom is 0.255 e. The van der Waals surface area contributed by atoms with E-state index < -0.39 is 0 Å². The third-order valence-corrected chi connectivity index (χ3v) is 3.46. The summed E-state index contributed by atoms with van der Waals surface area (Å²) in [5.74, 6) is 5.87. The van der Waals surface area contributed by atoms with Crippen molar-refractivity contribution in [1.29, 1.82) is 0 Å². The summed E-state index contributed by atoms with van der Waals surface area (Å²) in [5, 5.41) is 0. The molecule has 1 aromatic carbocycles. The Morgan fingerprint density at radius 1 is 1.40 bits per heavy atom. The van der Waals surface area contributed by atoms with Gasteiger partial charge in [-0.2, -0.15) is 0 Å². The molecule has 1 amide bonds. The van der Waals surface area contributed by atoms with Crippen molar-refractivity contribution in [2.75, 3.05) is 13.1 Å². The second-order valence-electron chi connectivity index (χ2n) is 4.90. The molecule has 1 rings (SSSR count). The van der Waals surface area contributed by atoms with Gasteiger partial charge in [-0.25, -0.2) is 0 Å². The van der Waals surface area contributed by atoms with Crippen LogP contribution in [0.25, 0.3) is 0 Å². The highest BCUT2D eigenvalue weighted by Crippen LogP contribution is 2.16. The molecule has 0 spiro atoms. The smallest absolute Gasteiger partial charge is 0.255 e. The Balaban J connectivity index is 3.22. The fraction of sp³-hybridized carbons (Fsp3) is 0.471. The lowest BCUT2D eigenvalue weighted by molar-refractivity contribution is 0.0699. The highest BCUT2D eigenvalue weighted by molar-refractivity contribution is 5.97. The lowest BCUT2D eigenvalue weighted by Crippen LogP contribution is -2.38. The standard InChI is InChI=1S/C17H24N2O/c1-5-14(4)19(6-2)17(20)16-12-13(3)9-10-15(16)8-7-11-18/h9-10,12,14H,5-6,11,18H2,1-4H3. The number of carbonyl (C=O) groups is 1. The van der Waals surface area contributed by atoms with Gasteiger partial charge in [0.25, 0.3) is 5.91 Å². The van der Waals surface area contributed by atoms with Crippen molar-refractivity contribution in [2.45, 2.75) is 40.2 Å². The zero-order valence-electron chi connectivity index (χ0n) is 12.9. The summed E-state index contributed by atoms with van der Waals surface area (Å²) in [6.07, 6.45) is 0.940. The van der Waals surface area contributed by atoms with Gasteiger partial charge in [-0.1, -0.05) is 30.4 Å². The first-order valence-electron chi connectivity index (χ1n) is 7.15. The molecule has 1 atom stereocenters. The maximum absolute atomic E-state index is 12.7. The highest BCUT2D eigenvalue weighted by Gasteiger charge is 2.20. The summed E-state index contributed by atoms with van der Waals surface area (Å²) in [6, 6.07) is 6.00. The van der Waals surface area contributed by atoms with E-state index in [9.17, 15) is 4.79 Å². The van der Waals surface area contributed by atoms with Gasteiger partial charge < -0.3 is 10.6 Å². The summed E-state index contributed by atoms with van der Waals surface area (Å²) in [4.78, 5) is 14.6. The molecule has 0 saturated heterocycles. The SMILES string of the molecule is CCC(C)N(CC)C(=O)c1cc(C)ccc1C#CCN. The summed E-state index contributed by atoms with van der Waals surface area (Å²) >= 11 is 0. The molecular weight excluding hydrogens is 248 g/mol. The van der Waals surface area contributed by atoms with Crippen LogP contribution in [0.4, 0.5) is 0 Å². The van der Waals surface area contributed by atoms with E-state index in [1.807, 2.05) is 36.9 Å². The first-order chi connectivity index (χ1) is 9.54. The van der Waals surface area contributed by atoms with Crippen molar-refractivity contribution in [3.05, 3.63) is 34.9 Å². The fourth-order valence-electron chi connectivity index (χ4n) is 2.12. The summed E-state index contributed by atoms with van der Waals surface area (Å²) in [5.41, 5.74) is 7.91. The molecule has 3 nitrogen and oxygen atoms in total. The van der Waals surface area contributed by atoms with Gasteiger partial charge >= 0.3 is 0 Å². The van der Waals surface area contributed by atoms with Crippen molar-refractivity contribution in [3.63, 3.8) is 0 Å². The fourth-order valence-corrected chi connectivity index (χ4v) is 2.12. The molecule has 0 radical (unpaired) electrons. The predicted octanol–water partition coefficient (Wildman–Crippen LogP) is 2.57. The van der Waals surface area contributed by atoms with E-state index in [2.05, 4.69) is 25.7 Å². The van der Waals surface area contributed by atoms with E-state index in [0.29, 0.717) is 18.7 Å². The Bertz CT molecular complexity index is 526. The van der Waals surface area contributed by atoms with Crippen molar-refractivity contribution in [1.82, 2.24) is 4.90 Å². The van der Waals surface area contributed by atoms with Crippen LogP contribution in [-0.2, 0) is 0 Å². The van der Waals surface area contributed by atoms with Gasteiger partial charge in [-0.3, -0.25) is 4.79 Å². The summed E-state index contributed by atoms with van der Waals surface area (Å²) < 4.78 is 0. The van der Waals surface area contributed by atoms with Crippen LogP contribution in [0.2, 0.25) is 0 Å². The van der Waals surface area contributed by atoms with Crippen LogP contribution in [-0.4, -0.2) is 29.9 Å². The first kappa shape index (κ1) is 16.3. The summed E-state index contributed by atoms with van der Waals surface area (Å²) in [6.45, 7) is 9.14. The Morgan fingerprint density at radius 2 is 2.10 bits per heavy atom. The summed E-state index contributed by atoms with van der Waals surface area (Å²) in [7, 11) is 0. The molecule has 1 unspecified atom stereocenters. The van der Waals surface area contributed by atoms with Gasteiger partial charge in [0, 0.05) is 18.2 Å². The maximum atomic E-state index is 12.7. The zero-order chi connectivity index (χ0) is 15.1. The van der Waals surface area contributed by atoms with E-state index in [1.165, 1.54) is 0 Å². The second-order valence-corrected chi connectivity index (χ2v) is 4.90. The molecule has 20 heavy (non-hydrogen) atoms. The first-order valence-corrected chi connectivity index (χ1v) is 7.15. The normalized spacial score (nSPS) is 11.4. The average molecular weight is 272 g/mol. The van der Waals surface area contributed by atoms with Crippen LogP contribution in [0.15, 0.2) is 18.2 Å². The Hall–Kier alpha value is -1.79. The molecular formula is C17H24N2O. The van der Waals surface area contributed by atoms with Crippen LogP contribution < -0.4 is 5.73 Å². The molecule has 3 heteroatoms. The number of rotatable bonds is 4. The van der Waals surface area contributed by atoms with Gasteiger partial charge in [-0.15, -0.1) is 0 Å². The van der Waals surface area contributed by atoms with E-state index in [-0.39, 0.29) is 11.9 Å². The predicted molar refractivity (Wildman–Crippen MR) is 83.6 cm³/mol. The molecule has 0 aromatic heterocycles. The molecule has 1 aromatic rings. The minimum atomic E-state index is 0.0480. The second kappa shape index (κ2) is 7.72. The Kier molecular flexibility index (Phi) is 6.27. The molecule has 0 aliphatic rings. The van der Waals surface area contributed by atoms with E-state index in [0.717, 1.165) is 17.5 Å². The minimum Gasteiger partial charge on any atom is -0.336 e. The van der Waals surface area contributed by atoms with E-state index in [1.54, 1.807) is 0 Å². The largest absolute Gasteiger partial charge is 0.336 e. The number of nitrogens with zero attached hydrogens (tertiary/aromatic N) is 1. The number of nitrogens with two attached hydrogens (primary N) is 1. The lowest BCUT2D eigenvalue weighted by atomic mass is 10.0. The molecule has 0 saturated carbocycles. The molecule has 0 heterocycles.